The fourth-order valence-corrected chi connectivity index (χ4v) is 2.51. The van der Waals surface area contributed by atoms with E-state index in [0.29, 0.717) is 5.56 Å². The zero-order valence-corrected chi connectivity index (χ0v) is 11.7. The van der Waals surface area contributed by atoms with E-state index in [-0.39, 0.29) is 23.0 Å². The van der Waals surface area contributed by atoms with Gasteiger partial charge >= 0.3 is 0 Å². The fourth-order valence-electron chi connectivity index (χ4n) is 2.25. The Bertz CT molecular complexity index is 818. The van der Waals surface area contributed by atoms with Crippen LogP contribution in [-0.4, -0.2) is 15.4 Å². The lowest BCUT2D eigenvalue weighted by atomic mass is 10.1. The maximum atomic E-state index is 14.2. The van der Waals surface area contributed by atoms with E-state index in [9.17, 15) is 4.39 Å². The first-order chi connectivity index (χ1) is 10.1. The first-order valence-electron chi connectivity index (χ1n) is 6.27. The summed E-state index contributed by atoms with van der Waals surface area (Å²) in [5.74, 6) is -0.684. The fraction of sp³-hybridized carbons (Fsp3) is 0.0667. The lowest BCUT2D eigenvalue weighted by molar-refractivity contribution is 0.602. The molecule has 0 spiro atoms. The molecule has 4 nitrogen and oxygen atoms in total. The van der Waals surface area contributed by atoms with Crippen molar-refractivity contribution in [3.8, 4) is 0 Å². The van der Waals surface area contributed by atoms with Gasteiger partial charge in [0.15, 0.2) is 0 Å². The van der Waals surface area contributed by atoms with Crippen LogP contribution in [0.2, 0.25) is 5.02 Å². The van der Waals surface area contributed by atoms with Gasteiger partial charge in [0, 0.05) is 33.9 Å². The summed E-state index contributed by atoms with van der Waals surface area (Å²) in [6.07, 6.45) is 5.30. The second-order valence-corrected chi connectivity index (χ2v) is 5.12. The third-order valence-electron chi connectivity index (χ3n) is 3.36. The molecule has 3 N–H and O–H groups in total. The van der Waals surface area contributed by atoms with Gasteiger partial charge in [-0.3, -0.25) is 10.4 Å². The number of nitrogens with two attached hydrogens (primary N) is 1. The van der Waals surface area contributed by atoms with Gasteiger partial charge in [-0.1, -0.05) is 11.6 Å². The van der Waals surface area contributed by atoms with Crippen LogP contribution in [0.1, 0.15) is 11.1 Å². The maximum Gasteiger partial charge on any atom is 0.130 e. The van der Waals surface area contributed by atoms with Gasteiger partial charge in [0.1, 0.15) is 11.7 Å². The van der Waals surface area contributed by atoms with Crippen LogP contribution >= 0.6 is 11.6 Å². The van der Waals surface area contributed by atoms with Crippen LogP contribution in [0.15, 0.2) is 42.9 Å². The van der Waals surface area contributed by atoms with Crippen LogP contribution in [0.4, 0.5) is 4.39 Å². The van der Waals surface area contributed by atoms with Crippen molar-refractivity contribution in [2.75, 3.05) is 0 Å². The molecule has 0 amide bonds. The van der Waals surface area contributed by atoms with Gasteiger partial charge in [0.05, 0.1) is 18.3 Å². The molecule has 6 heteroatoms. The number of hydrogen-bond acceptors (Lipinski definition) is 2. The van der Waals surface area contributed by atoms with E-state index in [4.69, 9.17) is 22.7 Å². The molecule has 3 aromatic rings. The van der Waals surface area contributed by atoms with Gasteiger partial charge in [0.2, 0.25) is 0 Å². The molecule has 0 radical (unpaired) electrons. The Kier molecular flexibility index (Phi) is 3.35. The van der Waals surface area contributed by atoms with E-state index < -0.39 is 5.82 Å². The van der Waals surface area contributed by atoms with Crippen LogP contribution in [-0.2, 0) is 6.54 Å². The summed E-state index contributed by atoms with van der Waals surface area (Å²) in [5, 5.41) is 8.63. The van der Waals surface area contributed by atoms with E-state index in [0.717, 1.165) is 10.9 Å². The van der Waals surface area contributed by atoms with Crippen LogP contribution < -0.4 is 5.73 Å². The van der Waals surface area contributed by atoms with E-state index >= 15 is 0 Å². The highest BCUT2D eigenvalue weighted by atomic mass is 35.5. The molecule has 2 aromatic heterocycles. The number of benzene rings is 1. The van der Waals surface area contributed by atoms with Gasteiger partial charge in [-0.25, -0.2) is 4.39 Å². The number of amidine groups is 1. The Morgan fingerprint density at radius 3 is 2.90 bits per heavy atom. The predicted octanol–water partition coefficient (Wildman–Crippen LogP) is 3.16. The number of nitrogen functional groups attached to an aromatic ring is 1. The van der Waals surface area contributed by atoms with Gasteiger partial charge in [0.25, 0.3) is 0 Å². The summed E-state index contributed by atoms with van der Waals surface area (Å²) in [7, 11) is 0. The van der Waals surface area contributed by atoms with E-state index in [1.54, 1.807) is 12.4 Å². The Balaban J connectivity index is 2.04. The van der Waals surface area contributed by atoms with Crippen LogP contribution in [0.25, 0.3) is 10.9 Å². The van der Waals surface area contributed by atoms with E-state index in [2.05, 4.69) is 4.98 Å². The zero-order chi connectivity index (χ0) is 15.0. The molecule has 0 saturated heterocycles. The minimum Gasteiger partial charge on any atom is -0.384 e. The van der Waals surface area contributed by atoms with Crippen molar-refractivity contribution >= 4 is 28.3 Å². The molecule has 0 fully saturated rings. The molecule has 0 unspecified atom stereocenters. The summed E-state index contributed by atoms with van der Waals surface area (Å²) in [5.41, 5.74) is 6.90. The molecule has 1 aromatic carbocycles. The number of halogens is 2. The SMILES string of the molecule is N=C(N)c1cc(F)c(Cn2ccc3ccncc32)c(Cl)c1. The Morgan fingerprint density at radius 1 is 1.38 bits per heavy atom. The maximum absolute atomic E-state index is 14.2. The van der Waals surface area contributed by atoms with Crippen molar-refractivity contribution in [3.63, 3.8) is 0 Å². The molecule has 106 valence electrons. The van der Waals surface area contributed by atoms with Gasteiger partial charge in [-0.15, -0.1) is 0 Å². The van der Waals surface area contributed by atoms with Crippen molar-refractivity contribution in [1.82, 2.24) is 9.55 Å². The molecular formula is C15H12ClFN4. The number of rotatable bonds is 3. The Morgan fingerprint density at radius 2 is 2.19 bits per heavy atom. The third-order valence-corrected chi connectivity index (χ3v) is 3.69. The highest BCUT2D eigenvalue weighted by Gasteiger charge is 2.12. The first-order valence-corrected chi connectivity index (χ1v) is 6.65. The molecular weight excluding hydrogens is 291 g/mol. The number of nitrogens with zero attached hydrogens (tertiary/aromatic N) is 2. The minimum absolute atomic E-state index is 0.210. The molecule has 3 rings (SSSR count). The Labute approximate surface area is 125 Å². The summed E-state index contributed by atoms with van der Waals surface area (Å²) in [6.45, 7) is 0.290. The number of hydrogen-bond donors (Lipinski definition) is 2. The molecule has 0 aliphatic carbocycles. The largest absolute Gasteiger partial charge is 0.384 e. The van der Waals surface area contributed by atoms with E-state index in [1.807, 2.05) is 22.9 Å². The zero-order valence-electron chi connectivity index (χ0n) is 11.0. The standard InChI is InChI=1S/C15H12ClFN4/c16-12-5-10(15(18)19)6-13(17)11(12)8-21-4-2-9-1-3-20-7-14(9)21/h1-7H,8H2,(H3,18,19). The third kappa shape index (κ3) is 2.48. The number of fused-ring (bicyclic) bond motifs is 1. The highest BCUT2D eigenvalue weighted by molar-refractivity contribution is 6.31. The summed E-state index contributed by atoms with van der Waals surface area (Å²) in [6, 6.07) is 6.56. The number of aromatic nitrogens is 2. The first kappa shape index (κ1) is 13.6. The normalized spacial score (nSPS) is 11.0. The molecule has 0 aliphatic rings. The second-order valence-electron chi connectivity index (χ2n) is 4.71. The van der Waals surface area contributed by atoms with Crippen molar-refractivity contribution in [1.29, 1.82) is 5.41 Å². The van der Waals surface area contributed by atoms with Crippen LogP contribution in [0.5, 0.6) is 0 Å². The lowest BCUT2D eigenvalue weighted by Crippen LogP contribution is -2.12. The molecule has 0 bridgehead atoms. The summed E-state index contributed by atoms with van der Waals surface area (Å²) in [4.78, 5) is 4.08. The van der Waals surface area contributed by atoms with Gasteiger partial charge < -0.3 is 10.3 Å². The average molecular weight is 303 g/mol. The van der Waals surface area contributed by atoms with Crippen LogP contribution in [0.3, 0.4) is 0 Å². The second kappa shape index (κ2) is 5.18. The summed E-state index contributed by atoms with van der Waals surface area (Å²) >= 11 is 6.13. The average Bonchev–Trinajstić information content (AvgIpc) is 2.86. The molecule has 0 saturated carbocycles. The topological polar surface area (TPSA) is 67.7 Å². The molecule has 21 heavy (non-hydrogen) atoms. The minimum atomic E-state index is -0.474. The van der Waals surface area contributed by atoms with Crippen LogP contribution in [0, 0.1) is 11.2 Å². The lowest BCUT2D eigenvalue weighted by Gasteiger charge is -2.10. The monoisotopic (exact) mass is 302 g/mol. The van der Waals surface area contributed by atoms with E-state index in [1.165, 1.54) is 12.1 Å². The Hall–Kier alpha value is -2.40. The van der Waals surface area contributed by atoms with Crippen molar-refractivity contribution < 1.29 is 4.39 Å². The van der Waals surface area contributed by atoms with Gasteiger partial charge in [-0.05, 0) is 24.3 Å². The summed E-state index contributed by atoms with van der Waals surface area (Å²) < 4.78 is 16.1. The molecule has 2 heterocycles. The number of pyridine rings is 1. The molecule has 0 aliphatic heterocycles. The molecule has 0 atom stereocenters. The smallest absolute Gasteiger partial charge is 0.130 e. The number of nitrogens with one attached hydrogen (secondary N) is 1. The van der Waals surface area contributed by atoms with Gasteiger partial charge in [-0.2, -0.15) is 0 Å². The van der Waals surface area contributed by atoms with Crippen molar-refractivity contribution in [2.24, 2.45) is 5.73 Å². The highest BCUT2D eigenvalue weighted by Crippen LogP contribution is 2.24. The quantitative estimate of drug-likeness (QED) is 0.576. The van der Waals surface area contributed by atoms with Crippen molar-refractivity contribution in [2.45, 2.75) is 6.54 Å². The predicted molar refractivity (Wildman–Crippen MR) is 81.3 cm³/mol. The van der Waals surface area contributed by atoms with Crippen molar-refractivity contribution in [3.05, 3.63) is 64.8 Å².